The number of carboxylic acids is 1. The Labute approximate surface area is 176 Å². The number of hydrogen-bond donors (Lipinski definition) is 1. The molecule has 0 saturated heterocycles. The van der Waals surface area contributed by atoms with Crippen molar-refractivity contribution in [3.05, 3.63) is 46.6 Å². The van der Waals surface area contributed by atoms with Crippen LogP contribution in [0.5, 0.6) is 0 Å². The van der Waals surface area contributed by atoms with Gasteiger partial charge in [-0.05, 0) is 6.07 Å². The van der Waals surface area contributed by atoms with Crippen LogP contribution in [-0.4, -0.2) is 41.8 Å². The summed E-state index contributed by atoms with van der Waals surface area (Å²) in [5, 5.41) is 15.1. The summed E-state index contributed by atoms with van der Waals surface area (Å²) in [7, 11) is 0.730. The Morgan fingerprint density at radius 1 is 1.06 bits per heavy atom. The van der Waals surface area contributed by atoms with E-state index < -0.39 is 46.9 Å². The number of rotatable bonds is 4. The van der Waals surface area contributed by atoms with Crippen molar-refractivity contribution in [2.24, 2.45) is 7.05 Å². The predicted octanol–water partition coefficient (Wildman–Crippen LogP) is 4.69. The first kappa shape index (κ1) is 23.4. The number of hydrogen-bond acceptors (Lipinski definition) is 4. The fourth-order valence-corrected chi connectivity index (χ4v) is 2.92. The number of aryl methyl sites for hydroxylation is 1. The normalized spacial score (nSPS) is 12.9. The minimum atomic E-state index is -6.34. The van der Waals surface area contributed by atoms with E-state index in [0.717, 1.165) is 31.7 Å². The SMILES string of the molecule is Cn1nc(C(F)(F)C(F)(F)F)c(C(F)(F)F)c1-n1cc(-c2cnc(Cl)c(C(=O)O)c2)cn1. The molecule has 0 bridgehead atoms. The van der Waals surface area contributed by atoms with Gasteiger partial charge in [-0.15, -0.1) is 0 Å². The van der Waals surface area contributed by atoms with Gasteiger partial charge in [-0.1, -0.05) is 11.6 Å². The number of carbonyl (C=O) groups is 1. The summed E-state index contributed by atoms with van der Waals surface area (Å²) >= 11 is 5.64. The molecular weight excluding hydrogens is 482 g/mol. The van der Waals surface area contributed by atoms with Crippen molar-refractivity contribution in [1.82, 2.24) is 24.5 Å². The smallest absolute Gasteiger partial charge is 0.459 e. The lowest BCUT2D eigenvalue weighted by atomic mass is 10.1. The Kier molecular flexibility index (Phi) is 5.44. The summed E-state index contributed by atoms with van der Waals surface area (Å²) < 4.78 is 107. The van der Waals surface area contributed by atoms with Crippen LogP contribution >= 0.6 is 11.6 Å². The number of aromatic nitrogens is 5. The van der Waals surface area contributed by atoms with Crippen molar-refractivity contribution in [2.75, 3.05) is 0 Å². The first-order valence-electron chi connectivity index (χ1n) is 8.09. The van der Waals surface area contributed by atoms with Gasteiger partial charge < -0.3 is 5.11 Å². The highest BCUT2D eigenvalue weighted by molar-refractivity contribution is 6.32. The minimum absolute atomic E-state index is 0.0228. The summed E-state index contributed by atoms with van der Waals surface area (Å²) in [5.74, 6) is -8.58. The van der Waals surface area contributed by atoms with Crippen LogP contribution in [0.25, 0.3) is 16.9 Å². The van der Waals surface area contributed by atoms with E-state index in [1.807, 2.05) is 0 Å². The van der Waals surface area contributed by atoms with Crippen LogP contribution in [0.1, 0.15) is 21.6 Å². The molecule has 32 heavy (non-hydrogen) atoms. The first-order chi connectivity index (χ1) is 14.6. The van der Waals surface area contributed by atoms with Crippen LogP contribution in [0, 0.1) is 0 Å². The molecule has 0 aliphatic heterocycles. The van der Waals surface area contributed by atoms with Gasteiger partial charge in [0.05, 0.1) is 11.8 Å². The second-order valence-electron chi connectivity index (χ2n) is 6.28. The predicted molar refractivity (Wildman–Crippen MR) is 90.5 cm³/mol. The molecule has 172 valence electrons. The maximum Gasteiger partial charge on any atom is 0.459 e. The average molecular weight is 490 g/mol. The number of carboxylic acid groups (broad SMARTS) is 1. The minimum Gasteiger partial charge on any atom is -0.478 e. The van der Waals surface area contributed by atoms with E-state index in [9.17, 15) is 39.9 Å². The molecule has 0 saturated carbocycles. The van der Waals surface area contributed by atoms with Gasteiger partial charge in [0.2, 0.25) is 0 Å². The molecule has 3 heterocycles. The van der Waals surface area contributed by atoms with Crippen LogP contribution in [-0.2, 0) is 19.1 Å². The molecule has 0 fully saturated rings. The largest absolute Gasteiger partial charge is 0.478 e. The fraction of sp³-hybridized carbons (Fsp3) is 0.250. The van der Waals surface area contributed by atoms with Crippen LogP contribution in [0.3, 0.4) is 0 Å². The highest BCUT2D eigenvalue weighted by atomic mass is 35.5. The van der Waals surface area contributed by atoms with Crippen molar-refractivity contribution in [3.63, 3.8) is 0 Å². The zero-order valence-corrected chi connectivity index (χ0v) is 16.1. The van der Waals surface area contributed by atoms with E-state index in [0.29, 0.717) is 4.68 Å². The average Bonchev–Trinajstić information content (AvgIpc) is 3.25. The molecule has 0 atom stereocenters. The molecule has 3 aromatic rings. The maximum atomic E-state index is 13.8. The fourth-order valence-electron chi connectivity index (χ4n) is 2.74. The number of aromatic carboxylic acids is 1. The summed E-state index contributed by atoms with van der Waals surface area (Å²) in [5.41, 5.74) is -5.32. The second kappa shape index (κ2) is 7.43. The van der Waals surface area contributed by atoms with Gasteiger partial charge in [0.25, 0.3) is 0 Å². The third-order valence-electron chi connectivity index (χ3n) is 4.16. The molecule has 0 amide bonds. The quantitative estimate of drug-likeness (QED) is 0.424. The zero-order chi connectivity index (χ0) is 24.2. The van der Waals surface area contributed by atoms with Gasteiger partial charge in [-0.2, -0.15) is 45.3 Å². The van der Waals surface area contributed by atoms with E-state index in [-0.39, 0.29) is 21.0 Å². The van der Waals surface area contributed by atoms with Crippen LogP contribution in [0.15, 0.2) is 24.7 Å². The number of halogens is 9. The van der Waals surface area contributed by atoms with Crippen LogP contribution < -0.4 is 0 Å². The third-order valence-corrected chi connectivity index (χ3v) is 4.46. The monoisotopic (exact) mass is 489 g/mol. The van der Waals surface area contributed by atoms with E-state index in [1.54, 1.807) is 0 Å². The lowest BCUT2D eigenvalue weighted by molar-refractivity contribution is -0.292. The summed E-state index contributed by atoms with van der Waals surface area (Å²) in [6.45, 7) is 0. The Bertz CT molecular complexity index is 1200. The summed E-state index contributed by atoms with van der Waals surface area (Å²) in [6, 6.07) is 1.02. The van der Waals surface area contributed by atoms with Crippen molar-refractivity contribution < 1.29 is 45.0 Å². The molecule has 0 aromatic carbocycles. The second-order valence-corrected chi connectivity index (χ2v) is 6.64. The molecule has 1 N–H and O–H groups in total. The van der Waals surface area contributed by atoms with Crippen molar-refractivity contribution in [3.8, 4) is 16.9 Å². The van der Waals surface area contributed by atoms with Crippen molar-refractivity contribution in [1.29, 1.82) is 0 Å². The molecule has 7 nitrogen and oxygen atoms in total. The van der Waals surface area contributed by atoms with Crippen molar-refractivity contribution >= 4 is 17.6 Å². The van der Waals surface area contributed by atoms with Crippen LogP contribution in [0.2, 0.25) is 5.15 Å². The van der Waals surface area contributed by atoms with Gasteiger partial charge >= 0.3 is 24.2 Å². The zero-order valence-electron chi connectivity index (χ0n) is 15.3. The van der Waals surface area contributed by atoms with Gasteiger partial charge in [0, 0.05) is 30.6 Å². The molecule has 3 aromatic heterocycles. The topological polar surface area (TPSA) is 85.8 Å². The van der Waals surface area contributed by atoms with E-state index in [4.69, 9.17) is 16.7 Å². The lowest BCUT2D eigenvalue weighted by Gasteiger charge is -2.19. The molecule has 0 radical (unpaired) electrons. The van der Waals surface area contributed by atoms with Gasteiger partial charge in [-0.25, -0.2) is 19.1 Å². The maximum absolute atomic E-state index is 13.8. The standard InChI is InChI=1S/C16H8ClF8N5O2/c1-29-12(9(15(20,21)22)10(28-29)14(18,19)16(23,24)25)30-5-7(4-27-30)6-2-8(13(31)32)11(17)26-3-6/h2-5H,1H3,(H,31,32). The molecule has 16 heteroatoms. The Hall–Kier alpha value is -3.23. The molecule has 0 aliphatic carbocycles. The Morgan fingerprint density at radius 3 is 2.22 bits per heavy atom. The number of nitrogens with zero attached hydrogens (tertiary/aromatic N) is 5. The van der Waals surface area contributed by atoms with Gasteiger partial charge in [0.1, 0.15) is 10.7 Å². The van der Waals surface area contributed by atoms with Crippen molar-refractivity contribution in [2.45, 2.75) is 18.3 Å². The third kappa shape index (κ3) is 3.87. The van der Waals surface area contributed by atoms with Gasteiger partial charge in [0.15, 0.2) is 11.5 Å². The molecule has 0 spiro atoms. The first-order valence-corrected chi connectivity index (χ1v) is 8.47. The number of pyridine rings is 1. The lowest BCUT2D eigenvalue weighted by Crippen LogP contribution is -2.36. The van der Waals surface area contributed by atoms with E-state index in [1.165, 1.54) is 0 Å². The van der Waals surface area contributed by atoms with E-state index >= 15 is 0 Å². The highest BCUT2D eigenvalue weighted by Crippen LogP contribution is 2.49. The summed E-state index contributed by atoms with van der Waals surface area (Å²) in [6.07, 6.45) is -9.16. The molecule has 0 aliphatic rings. The van der Waals surface area contributed by atoms with E-state index in [2.05, 4.69) is 15.2 Å². The van der Waals surface area contributed by atoms with Gasteiger partial charge in [-0.3, -0.25) is 0 Å². The Balaban J connectivity index is 2.20. The number of alkyl halides is 8. The molecule has 0 unspecified atom stereocenters. The van der Waals surface area contributed by atoms with Crippen LogP contribution in [0.4, 0.5) is 35.1 Å². The summed E-state index contributed by atoms with van der Waals surface area (Å²) in [4.78, 5) is 14.8. The molecular formula is C16H8ClF8N5O2. The molecule has 3 rings (SSSR count). The highest BCUT2D eigenvalue weighted by Gasteiger charge is 2.64. The Morgan fingerprint density at radius 2 is 1.69 bits per heavy atom.